The normalized spacial score (nSPS) is 15.2. The quantitative estimate of drug-likeness (QED) is 0.363. The first-order valence-electron chi connectivity index (χ1n) is 10.1. The van der Waals surface area contributed by atoms with Gasteiger partial charge in [-0.1, -0.05) is 54.1 Å². The largest absolute Gasteiger partial charge is 0.507 e. The molecule has 1 aromatic heterocycles. The minimum atomic E-state index is -0.347. The molecule has 160 valence electrons. The summed E-state index contributed by atoms with van der Waals surface area (Å²) in [6, 6.07) is 22.6. The first kappa shape index (κ1) is 20.7. The number of thioether (sulfide) groups is 1. The van der Waals surface area contributed by atoms with Gasteiger partial charge in [0.05, 0.1) is 6.04 Å². The molecule has 7 heteroatoms. The number of rotatable bonds is 5. The number of phenolic OH excluding ortho intramolecular Hbond substituents is 1. The van der Waals surface area contributed by atoms with E-state index >= 15 is 0 Å². The van der Waals surface area contributed by atoms with Crippen LogP contribution in [0.2, 0.25) is 5.02 Å². The van der Waals surface area contributed by atoms with Gasteiger partial charge in [0.2, 0.25) is 0 Å². The van der Waals surface area contributed by atoms with Gasteiger partial charge in [0, 0.05) is 27.6 Å². The highest BCUT2D eigenvalue weighted by atomic mass is 35.5. The molecule has 2 N–H and O–H groups in total. The molecule has 0 saturated carbocycles. The zero-order valence-corrected chi connectivity index (χ0v) is 18.8. The minimum absolute atomic E-state index is 0.0640. The molecular formula is C25H20ClN3O2S. The Hall–Kier alpha value is -3.22. The summed E-state index contributed by atoms with van der Waals surface area (Å²) in [5.74, 6) is -0.0581. The van der Waals surface area contributed by atoms with Crippen LogP contribution in [0.5, 0.6) is 5.75 Å². The van der Waals surface area contributed by atoms with Crippen LogP contribution in [0, 0.1) is 0 Å². The van der Waals surface area contributed by atoms with Crippen molar-refractivity contribution in [3.05, 3.63) is 100 Å². The Morgan fingerprint density at radius 3 is 2.56 bits per heavy atom. The molecular weight excluding hydrogens is 442 g/mol. The van der Waals surface area contributed by atoms with Crippen LogP contribution in [-0.4, -0.2) is 32.4 Å². The maximum Gasteiger partial charge on any atom is 0.273 e. The highest BCUT2D eigenvalue weighted by Gasteiger charge is 2.42. The third-order valence-corrected chi connectivity index (χ3v) is 6.68. The molecule has 32 heavy (non-hydrogen) atoms. The first-order chi connectivity index (χ1) is 15.6. The zero-order valence-electron chi connectivity index (χ0n) is 17.2. The van der Waals surface area contributed by atoms with Gasteiger partial charge in [-0.2, -0.15) is 5.10 Å². The smallest absolute Gasteiger partial charge is 0.273 e. The molecule has 0 saturated heterocycles. The van der Waals surface area contributed by atoms with E-state index in [2.05, 4.69) is 22.3 Å². The van der Waals surface area contributed by atoms with Crippen molar-refractivity contribution in [2.75, 3.05) is 6.26 Å². The third-order valence-electron chi connectivity index (χ3n) is 5.70. The zero-order chi connectivity index (χ0) is 22.2. The Kier molecular flexibility index (Phi) is 5.41. The Labute approximate surface area is 195 Å². The fourth-order valence-corrected chi connectivity index (χ4v) is 4.76. The lowest BCUT2D eigenvalue weighted by Crippen LogP contribution is -2.29. The maximum atomic E-state index is 13.5. The predicted octanol–water partition coefficient (Wildman–Crippen LogP) is 5.90. The van der Waals surface area contributed by atoms with Crippen molar-refractivity contribution in [1.82, 2.24) is 15.1 Å². The fourth-order valence-electron chi connectivity index (χ4n) is 4.18. The molecule has 0 fully saturated rings. The number of phenols is 1. The summed E-state index contributed by atoms with van der Waals surface area (Å²) in [5.41, 5.74) is 4.24. The molecule has 3 aromatic carbocycles. The van der Waals surface area contributed by atoms with Crippen LogP contribution >= 0.6 is 23.4 Å². The van der Waals surface area contributed by atoms with E-state index in [9.17, 15) is 9.90 Å². The number of hydrogen-bond acceptors (Lipinski definition) is 4. The number of nitrogens with one attached hydrogen (secondary N) is 1. The molecule has 0 radical (unpaired) electrons. The van der Waals surface area contributed by atoms with Crippen LogP contribution in [0.1, 0.15) is 33.2 Å². The number of fused-ring (bicyclic) bond motifs is 1. The molecule has 0 bridgehead atoms. The van der Waals surface area contributed by atoms with Crippen LogP contribution in [0.15, 0.2) is 77.7 Å². The molecule has 1 aliphatic rings. The van der Waals surface area contributed by atoms with Gasteiger partial charge in [-0.15, -0.1) is 11.8 Å². The summed E-state index contributed by atoms with van der Waals surface area (Å²) in [5, 5.41) is 18.3. The summed E-state index contributed by atoms with van der Waals surface area (Å²) in [7, 11) is 0. The van der Waals surface area contributed by atoms with E-state index in [1.54, 1.807) is 30.0 Å². The second-order valence-electron chi connectivity index (χ2n) is 7.62. The van der Waals surface area contributed by atoms with E-state index in [4.69, 9.17) is 11.6 Å². The topological polar surface area (TPSA) is 69.2 Å². The van der Waals surface area contributed by atoms with Gasteiger partial charge in [-0.05, 0) is 47.7 Å². The van der Waals surface area contributed by atoms with E-state index in [1.165, 1.54) is 0 Å². The number of aromatic nitrogens is 2. The number of benzene rings is 3. The number of amides is 1. The molecule has 4 aromatic rings. The van der Waals surface area contributed by atoms with Crippen LogP contribution in [-0.2, 0) is 6.54 Å². The number of aromatic hydroxyl groups is 1. The lowest BCUT2D eigenvalue weighted by molar-refractivity contribution is 0.0730. The van der Waals surface area contributed by atoms with Gasteiger partial charge in [0.25, 0.3) is 5.91 Å². The van der Waals surface area contributed by atoms with E-state index in [0.717, 1.165) is 21.6 Å². The van der Waals surface area contributed by atoms with Crippen LogP contribution < -0.4 is 0 Å². The van der Waals surface area contributed by atoms with Crippen LogP contribution in [0.3, 0.4) is 0 Å². The number of hydrogen-bond donors (Lipinski definition) is 2. The fraction of sp³-hybridized carbons (Fsp3) is 0.120. The summed E-state index contributed by atoms with van der Waals surface area (Å²) >= 11 is 7.88. The van der Waals surface area contributed by atoms with Gasteiger partial charge >= 0.3 is 0 Å². The van der Waals surface area contributed by atoms with Crippen molar-refractivity contribution in [3.63, 3.8) is 0 Å². The molecule has 1 atom stereocenters. The monoisotopic (exact) mass is 461 g/mol. The van der Waals surface area contributed by atoms with Gasteiger partial charge < -0.3 is 10.0 Å². The minimum Gasteiger partial charge on any atom is -0.507 e. The van der Waals surface area contributed by atoms with Gasteiger partial charge in [0.1, 0.15) is 17.1 Å². The van der Waals surface area contributed by atoms with Crippen LogP contribution in [0.4, 0.5) is 0 Å². The molecule has 5 nitrogen and oxygen atoms in total. The Balaban J connectivity index is 1.67. The number of halogens is 1. The van der Waals surface area contributed by atoms with Crippen LogP contribution in [0.25, 0.3) is 11.3 Å². The summed E-state index contributed by atoms with van der Waals surface area (Å²) in [4.78, 5) is 16.5. The van der Waals surface area contributed by atoms with Gasteiger partial charge in [-0.25, -0.2) is 0 Å². The summed E-state index contributed by atoms with van der Waals surface area (Å²) in [6.07, 6.45) is 2.03. The Bertz CT molecular complexity index is 1290. The number of carbonyl (C=O) groups excluding carboxylic acids is 1. The molecule has 1 amide bonds. The maximum absolute atomic E-state index is 13.5. The first-order valence-corrected chi connectivity index (χ1v) is 11.7. The number of carbonyl (C=O) groups is 1. The summed E-state index contributed by atoms with van der Waals surface area (Å²) in [6.45, 7) is 0.456. The van der Waals surface area contributed by atoms with E-state index in [0.29, 0.717) is 28.5 Å². The second-order valence-corrected chi connectivity index (χ2v) is 8.93. The lowest BCUT2D eigenvalue weighted by Gasteiger charge is -2.26. The molecule has 2 heterocycles. The van der Waals surface area contributed by atoms with Crippen molar-refractivity contribution in [1.29, 1.82) is 0 Å². The van der Waals surface area contributed by atoms with E-state index in [-0.39, 0.29) is 17.7 Å². The second kappa shape index (κ2) is 8.37. The van der Waals surface area contributed by atoms with Crippen molar-refractivity contribution in [2.24, 2.45) is 0 Å². The SMILES string of the molecule is CSc1ccc(C2c3c(-c4cc(Cl)ccc4O)n[nH]c3C(=O)N2Cc2ccccc2)cc1. The van der Waals surface area contributed by atoms with Gasteiger partial charge in [0.15, 0.2) is 0 Å². The average molecular weight is 462 g/mol. The highest BCUT2D eigenvalue weighted by Crippen LogP contribution is 2.45. The number of nitrogens with zero attached hydrogens (tertiary/aromatic N) is 2. The number of aromatic amines is 1. The molecule has 1 unspecified atom stereocenters. The van der Waals surface area contributed by atoms with Gasteiger partial charge in [-0.3, -0.25) is 9.89 Å². The molecule has 0 aliphatic carbocycles. The van der Waals surface area contributed by atoms with Crippen molar-refractivity contribution in [2.45, 2.75) is 17.5 Å². The lowest BCUT2D eigenvalue weighted by atomic mass is 9.95. The molecule has 5 rings (SSSR count). The van der Waals surface area contributed by atoms with E-state index in [1.807, 2.05) is 53.6 Å². The molecule has 1 aliphatic heterocycles. The standard InChI is InChI=1S/C25H20ClN3O2S/c1-32-18-10-7-16(8-11-18)24-21-22(19-13-17(26)9-12-20(19)30)27-28-23(21)25(31)29(24)14-15-5-3-2-4-6-15/h2-13,24,30H,14H2,1H3,(H,27,28). The van der Waals surface area contributed by atoms with E-state index < -0.39 is 0 Å². The highest BCUT2D eigenvalue weighted by molar-refractivity contribution is 7.98. The Morgan fingerprint density at radius 1 is 1.09 bits per heavy atom. The third kappa shape index (κ3) is 3.55. The van der Waals surface area contributed by atoms with Crippen molar-refractivity contribution < 1.29 is 9.90 Å². The Morgan fingerprint density at radius 2 is 1.84 bits per heavy atom. The van der Waals surface area contributed by atoms with Crippen molar-refractivity contribution >= 4 is 29.3 Å². The number of H-pyrrole nitrogens is 1. The average Bonchev–Trinajstić information content (AvgIpc) is 3.35. The summed E-state index contributed by atoms with van der Waals surface area (Å²) < 4.78 is 0. The predicted molar refractivity (Wildman–Crippen MR) is 127 cm³/mol. The molecule has 0 spiro atoms. The van der Waals surface area contributed by atoms with Crippen molar-refractivity contribution in [3.8, 4) is 17.0 Å².